The van der Waals surface area contributed by atoms with Crippen LogP contribution >= 0.6 is 24.1 Å². The van der Waals surface area contributed by atoms with Crippen molar-refractivity contribution >= 4 is 44.1 Å². The van der Waals surface area contributed by atoms with Crippen molar-refractivity contribution in [3.05, 3.63) is 0 Å². The summed E-state index contributed by atoms with van der Waals surface area (Å²) >= 11 is -1.40. The molecule has 0 bridgehead atoms. The Morgan fingerprint density at radius 3 is 1.12 bits per heavy atom. The Labute approximate surface area is 160 Å². The summed E-state index contributed by atoms with van der Waals surface area (Å²) in [7, 11) is -1.43. The van der Waals surface area contributed by atoms with E-state index >= 15 is 0 Å². The average Bonchev–Trinajstić information content (AvgIpc) is 2.30. The van der Waals surface area contributed by atoms with Crippen LogP contribution in [0.15, 0.2) is 0 Å². The van der Waals surface area contributed by atoms with Gasteiger partial charge in [-0.2, -0.15) is 0 Å². The zero-order valence-corrected chi connectivity index (χ0v) is 21.2. The van der Waals surface area contributed by atoms with Gasteiger partial charge in [0.05, 0.1) is 0 Å². The Balaban J connectivity index is 6.02. The van der Waals surface area contributed by atoms with Crippen LogP contribution < -0.4 is 0 Å². The molecule has 144 valence electrons. The minimum atomic E-state index is -3.75. The van der Waals surface area contributed by atoms with Crippen LogP contribution in [-0.2, 0) is 27.2 Å². The first-order valence-electron chi connectivity index (χ1n) is 8.12. The molecular weight excluding hydrogens is 480 g/mol. The van der Waals surface area contributed by atoms with Gasteiger partial charge >= 0.3 is 161 Å². The van der Waals surface area contributed by atoms with Crippen LogP contribution in [0.2, 0.25) is 4.44 Å². The second-order valence-electron chi connectivity index (χ2n) is 6.51. The molecule has 0 atom stereocenters. The van der Waals surface area contributed by atoms with Crippen molar-refractivity contribution in [1.82, 2.24) is 0 Å². The molecule has 0 rings (SSSR count). The van der Waals surface area contributed by atoms with E-state index < -0.39 is 40.6 Å². The summed E-state index contributed by atoms with van der Waals surface area (Å²) in [6.45, 7) is 14.0. The van der Waals surface area contributed by atoms with Crippen LogP contribution in [0, 0.1) is 0 Å². The molecule has 2 radical (unpaired) electrons. The third-order valence-electron chi connectivity index (χ3n) is 2.42. The summed E-state index contributed by atoms with van der Waals surface area (Å²) in [6, 6.07) is 0. The molecular formula is C14H31ClO6P2Sn. The maximum atomic E-state index is 13.5. The van der Waals surface area contributed by atoms with Gasteiger partial charge in [0.25, 0.3) is 0 Å². The number of hydrogen-bond donors (Lipinski definition) is 0. The standard InChI is InChI=1S/C14H31O6P2.ClH.Sn/c1-10(2)17-21(15,18-11(3)4)14(9)22(16,19-12(5)6)20-13(7)8;;/h10-14H,9H2,1-8H3;1H;/q;;+1/p-1. The fourth-order valence-electron chi connectivity index (χ4n) is 1.97. The van der Waals surface area contributed by atoms with Crippen LogP contribution in [0.25, 0.3) is 0 Å². The molecule has 0 saturated heterocycles. The molecule has 6 nitrogen and oxygen atoms in total. The van der Waals surface area contributed by atoms with E-state index in [1.165, 1.54) is 0 Å². The van der Waals surface area contributed by atoms with Gasteiger partial charge in [0, 0.05) is 0 Å². The molecule has 0 saturated carbocycles. The van der Waals surface area contributed by atoms with Crippen LogP contribution in [0.4, 0.5) is 0 Å². The molecule has 0 spiro atoms. The van der Waals surface area contributed by atoms with Gasteiger partial charge in [-0.25, -0.2) is 0 Å². The van der Waals surface area contributed by atoms with Crippen LogP contribution in [0.3, 0.4) is 0 Å². The van der Waals surface area contributed by atoms with Gasteiger partial charge < -0.3 is 0 Å². The molecule has 0 unspecified atom stereocenters. The van der Waals surface area contributed by atoms with Crippen molar-refractivity contribution in [2.24, 2.45) is 0 Å². The van der Waals surface area contributed by atoms with Crippen LogP contribution in [0.1, 0.15) is 55.4 Å². The van der Waals surface area contributed by atoms with E-state index in [0.717, 1.165) is 0 Å². The number of rotatable bonds is 12. The van der Waals surface area contributed by atoms with E-state index in [1.807, 2.05) is 0 Å². The normalized spacial score (nSPS) is 13.9. The molecule has 0 aromatic carbocycles. The molecule has 0 aliphatic carbocycles. The molecule has 0 N–H and O–H groups in total. The Morgan fingerprint density at radius 1 is 0.708 bits per heavy atom. The van der Waals surface area contributed by atoms with Crippen molar-refractivity contribution in [3.8, 4) is 0 Å². The second kappa shape index (κ2) is 11.3. The van der Waals surface area contributed by atoms with Gasteiger partial charge in [-0.1, -0.05) is 0 Å². The van der Waals surface area contributed by atoms with Gasteiger partial charge in [-0.15, -0.1) is 0 Å². The molecule has 0 aromatic rings. The first-order valence-corrected chi connectivity index (χ1v) is 17.0. The Kier molecular flexibility index (Phi) is 11.9. The summed E-state index contributed by atoms with van der Waals surface area (Å²) < 4.78 is 49.9. The maximum absolute atomic E-state index is 13.5. The predicted molar refractivity (Wildman–Crippen MR) is 100 cm³/mol. The van der Waals surface area contributed by atoms with Crippen LogP contribution in [-0.4, -0.2) is 49.8 Å². The monoisotopic (exact) mass is 512 g/mol. The Morgan fingerprint density at radius 2 is 0.958 bits per heavy atom. The summed E-state index contributed by atoms with van der Waals surface area (Å²) in [5.41, 5.74) is 0. The summed E-state index contributed by atoms with van der Waals surface area (Å²) in [4.78, 5) is 0. The minimum absolute atomic E-state index is 0.304. The van der Waals surface area contributed by atoms with E-state index in [1.54, 1.807) is 55.4 Å². The van der Waals surface area contributed by atoms with Crippen molar-refractivity contribution in [2.45, 2.75) is 89.6 Å². The Hall–Kier alpha value is 1.39. The van der Waals surface area contributed by atoms with Gasteiger partial charge in [0.15, 0.2) is 0 Å². The Bertz CT molecular complexity index is 393. The van der Waals surface area contributed by atoms with Crippen molar-refractivity contribution in [1.29, 1.82) is 0 Å². The van der Waals surface area contributed by atoms with Gasteiger partial charge in [0.2, 0.25) is 0 Å². The molecule has 0 amide bonds. The predicted octanol–water partition coefficient (Wildman–Crippen LogP) is 5.68. The van der Waals surface area contributed by atoms with Crippen molar-refractivity contribution in [3.63, 3.8) is 0 Å². The van der Waals surface area contributed by atoms with E-state index in [9.17, 15) is 9.13 Å². The van der Waals surface area contributed by atoms with Crippen molar-refractivity contribution < 1.29 is 27.2 Å². The summed E-state index contributed by atoms with van der Waals surface area (Å²) in [5.74, 6) is 0. The third kappa shape index (κ3) is 8.85. The zero-order chi connectivity index (χ0) is 19.1. The van der Waals surface area contributed by atoms with Gasteiger partial charge in [-0.05, 0) is 0 Å². The molecule has 10 heteroatoms. The van der Waals surface area contributed by atoms with E-state index in [0.29, 0.717) is 4.44 Å². The molecule has 0 aliphatic rings. The fraction of sp³-hybridized carbons (Fsp3) is 1.00. The molecule has 0 fully saturated rings. The summed E-state index contributed by atoms with van der Waals surface area (Å²) in [6.07, 6.45) is -1.43. The van der Waals surface area contributed by atoms with E-state index in [2.05, 4.69) is 0 Å². The first-order chi connectivity index (χ1) is 10.9. The molecule has 0 aliphatic heterocycles. The first kappa shape index (κ1) is 25.4. The van der Waals surface area contributed by atoms with Gasteiger partial charge in [0.1, 0.15) is 0 Å². The third-order valence-corrected chi connectivity index (χ3v) is 13.4. The van der Waals surface area contributed by atoms with Crippen LogP contribution in [0.5, 0.6) is 0 Å². The fourth-order valence-corrected chi connectivity index (χ4v) is 15.4. The zero-order valence-electron chi connectivity index (χ0n) is 15.8. The SMILES string of the molecule is CC(C)OP(=O)(OC(C)C)C([CH2][Sn][Cl])P(=O)(OC(C)C)OC(C)C. The quantitative estimate of drug-likeness (QED) is 0.248. The molecule has 0 aromatic heterocycles. The van der Waals surface area contributed by atoms with Crippen molar-refractivity contribution in [2.75, 3.05) is 0 Å². The summed E-state index contributed by atoms with van der Waals surface area (Å²) in [5, 5.41) is -0.997. The topological polar surface area (TPSA) is 71.1 Å². The number of hydrogen-bond acceptors (Lipinski definition) is 6. The van der Waals surface area contributed by atoms with Gasteiger partial charge in [-0.3, -0.25) is 0 Å². The average molecular weight is 512 g/mol. The van der Waals surface area contributed by atoms with E-state index in [4.69, 9.17) is 27.0 Å². The van der Waals surface area contributed by atoms with E-state index in [-0.39, 0.29) is 24.4 Å². The number of halogens is 1. The second-order valence-corrected chi connectivity index (χ2v) is 14.9. The molecule has 24 heavy (non-hydrogen) atoms. The molecule has 0 heterocycles.